The average molecular weight is 187 g/mol. The number of rotatable bonds is 2. The van der Waals surface area contributed by atoms with Crippen molar-refractivity contribution in [1.29, 1.82) is 0 Å². The van der Waals surface area contributed by atoms with Gasteiger partial charge in [-0.15, -0.1) is 0 Å². The van der Waals surface area contributed by atoms with Crippen molar-refractivity contribution in [2.24, 2.45) is 10.9 Å². The first-order valence-electron chi connectivity index (χ1n) is 4.55. The Bertz CT molecular complexity index is 259. The first kappa shape index (κ1) is 8.82. The fourth-order valence-corrected chi connectivity index (χ4v) is 2.34. The summed E-state index contributed by atoms with van der Waals surface area (Å²) in [5.74, 6) is -2.40. The van der Waals surface area contributed by atoms with Crippen molar-refractivity contribution in [2.45, 2.75) is 43.6 Å². The van der Waals surface area contributed by atoms with E-state index in [1.54, 1.807) is 0 Å². The summed E-state index contributed by atoms with van der Waals surface area (Å²) in [6.07, 6.45) is 3.88. The van der Waals surface area contributed by atoms with Crippen molar-refractivity contribution < 1.29 is 13.6 Å². The van der Waals surface area contributed by atoms with Gasteiger partial charge in [0.05, 0.1) is 5.54 Å². The van der Waals surface area contributed by atoms with Gasteiger partial charge in [0.1, 0.15) is 0 Å². The van der Waals surface area contributed by atoms with E-state index in [1.165, 1.54) is 6.08 Å². The van der Waals surface area contributed by atoms with Crippen LogP contribution in [0.1, 0.15) is 32.1 Å². The number of alkyl halides is 2. The van der Waals surface area contributed by atoms with Gasteiger partial charge in [-0.05, 0) is 18.8 Å². The molecule has 0 bridgehead atoms. The Morgan fingerprint density at radius 3 is 2.23 bits per heavy atom. The minimum Gasteiger partial charge on any atom is -0.211 e. The normalized spacial score (nSPS) is 29.7. The molecule has 0 aromatic carbocycles. The molecule has 4 heteroatoms. The summed E-state index contributed by atoms with van der Waals surface area (Å²) in [5, 5.41) is 0. The third-order valence-electron chi connectivity index (χ3n) is 3.26. The summed E-state index contributed by atoms with van der Waals surface area (Å²) in [7, 11) is 0. The third-order valence-corrected chi connectivity index (χ3v) is 3.26. The highest BCUT2D eigenvalue weighted by molar-refractivity contribution is 5.36. The molecule has 0 radical (unpaired) electrons. The molecule has 2 rings (SSSR count). The minimum atomic E-state index is -2.60. The molecule has 0 aromatic heterocycles. The number of hydrogen-bond acceptors (Lipinski definition) is 2. The predicted molar refractivity (Wildman–Crippen MR) is 42.4 cm³/mol. The maximum atomic E-state index is 12.7. The van der Waals surface area contributed by atoms with Crippen molar-refractivity contribution in [2.75, 3.05) is 0 Å². The molecule has 0 saturated heterocycles. The standard InChI is InChI=1S/C9H11F2NO/c10-9(11)4-8(5-9,12-6-13)7-2-1-3-7/h7H,1-5H2. The fraction of sp³-hybridized carbons (Fsp3) is 0.889. The number of nitrogens with zero attached hydrogens (tertiary/aromatic N) is 1. The van der Waals surface area contributed by atoms with Gasteiger partial charge in [0, 0.05) is 12.8 Å². The van der Waals surface area contributed by atoms with Gasteiger partial charge in [0.15, 0.2) is 0 Å². The summed E-state index contributed by atoms with van der Waals surface area (Å²) in [5.41, 5.74) is -0.747. The van der Waals surface area contributed by atoms with Crippen molar-refractivity contribution in [3.63, 3.8) is 0 Å². The molecule has 0 amide bonds. The number of carbonyl (C=O) groups excluding carboxylic acids is 1. The minimum absolute atomic E-state index is 0.202. The van der Waals surface area contributed by atoms with Crippen LogP contribution in [-0.2, 0) is 4.79 Å². The first-order valence-corrected chi connectivity index (χ1v) is 4.55. The molecule has 0 aromatic rings. The molecular formula is C9H11F2NO. The highest BCUT2D eigenvalue weighted by atomic mass is 19.3. The van der Waals surface area contributed by atoms with Crippen molar-refractivity contribution >= 4 is 6.08 Å². The number of isocyanates is 1. The lowest BCUT2D eigenvalue weighted by molar-refractivity contribution is -0.147. The van der Waals surface area contributed by atoms with E-state index in [0.29, 0.717) is 0 Å². The van der Waals surface area contributed by atoms with Crippen LogP contribution in [0.5, 0.6) is 0 Å². The molecule has 0 unspecified atom stereocenters. The number of halogens is 2. The number of aliphatic imine (C=N–C) groups is 1. The maximum Gasteiger partial charge on any atom is 0.252 e. The molecule has 0 atom stereocenters. The third kappa shape index (κ3) is 1.29. The lowest BCUT2D eigenvalue weighted by Crippen LogP contribution is -2.56. The van der Waals surface area contributed by atoms with E-state index in [1.807, 2.05) is 0 Å². The van der Waals surface area contributed by atoms with Crippen LogP contribution < -0.4 is 0 Å². The van der Waals surface area contributed by atoms with E-state index in [0.717, 1.165) is 19.3 Å². The molecule has 0 spiro atoms. The van der Waals surface area contributed by atoms with Gasteiger partial charge in [0.2, 0.25) is 6.08 Å². The highest BCUT2D eigenvalue weighted by Gasteiger charge is 2.61. The smallest absolute Gasteiger partial charge is 0.211 e. The lowest BCUT2D eigenvalue weighted by atomic mass is 9.59. The zero-order chi connectivity index (χ0) is 9.53. The molecule has 2 aliphatic carbocycles. The van der Waals surface area contributed by atoms with E-state index < -0.39 is 11.5 Å². The molecule has 0 N–H and O–H groups in total. The molecule has 0 heterocycles. The Morgan fingerprint density at radius 2 is 1.92 bits per heavy atom. The Morgan fingerprint density at radius 1 is 1.31 bits per heavy atom. The van der Waals surface area contributed by atoms with Crippen LogP contribution in [0.4, 0.5) is 8.78 Å². The summed E-state index contributed by atoms with van der Waals surface area (Å²) in [6, 6.07) is 0. The molecule has 2 saturated carbocycles. The van der Waals surface area contributed by atoms with Gasteiger partial charge in [-0.1, -0.05) is 6.42 Å². The second kappa shape index (κ2) is 2.61. The van der Waals surface area contributed by atoms with E-state index in [4.69, 9.17) is 0 Å². The van der Waals surface area contributed by atoms with Crippen LogP contribution in [-0.4, -0.2) is 17.5 Å². The highest BCUT2D eigenvalue weighted by Crippen LogP contribution is 2.56. The SMILES string of the molecule is O=C=NC1(C2CCC2)CC(F)(F)C1. The van der Waals surface area contributed by atoms with Gasteiger partial charge in [-0.2, -0.15) is 4.99 Å². The van der Waals surface area contributed by atoms with Gasteiger partial charge >= 0.3 is 0 Å². The summed E-state index contributed by atoms with van der Waals surface area (Å²) < 4.78 is 25.4. The van der Waals surface area contributed by atoms with Crippen molar-refractivity contribution in [1.82, 2.24) is 0 Å². The van der Waals surface area contributed by atoms with E-state index >= 15 is 0 Å². The second-order valence-electron chi connectivity index (χ2n) is 4.14. The Kier molecular flexibility index (Phi) is 1.77. The van der Waals surface area contributed by atoms with Gasteiger partial charge in [-0.3, -0.25) is 0 Å². The van der Waals surface area contributed by atoms with Gasteiger partial charge < -0.3 is 0 Å². The quantitative estimate of drug-likeness (QED) is 0.481. The van der Waals surface area contributed by atoms with Crippen LogP contribution >= 0.6 is 0 Å². The van der Waals surface area contributed by atoms with E-state index in [-0.39, 0.29) is 18.8 Å². The van der Waals surface area contributed by atoms with E-state index in [9.17, 15) is 13.6 Å². The van der Waals surface area contributed by atoms with Gasteiger partial charge in [0.25, 0.3) is 5.92 Å². The van der Waals surface area contributed by atoms with Crippen LogP contribution in [0.3, 0.4) is 0 Å². The molecular weight excluding hydrogens is 176 g/mol. The maximum absolute atomic E-state index is 12.7. The van der Waals surface area contributed by atoms with Crippen molar-refractivity contribution in [3.05, 3.63) is 0 Å². The molecule has 2 nitrogen and oxygen atoms in total. The topological polar surface area (TPSA) is 29.4 Å². The van der Waals surface area contributed by atoms with Crippen molar-refractivity contribution in [3.8, 4) is 0 Å². The Hall–Kier alpha value is -0.760. The summed E-state index contributed by atoms with van der Waals surface area (Å²) in [4.78, 5) is 13.7. The van der Waals surface area contributed by atoms with Crippen LogP contribution in [0.25, 0.3) is 0 Å². The average Bonchev–Trinajstić information content (AvgIpc) is 1.78. The summed E-state index contributed by atoms with van der Waals surface area (Å²) in [6.45, 7) is 0. The van der Waals surface area contributed by atoms with Gasteiger partial charge in [-0.25, -0.2) is 13.6 Å². The molecule has 13 heavy (non-hydrogen) atoms. The monoisotopic (exact) mass is 187 g/mol. The van der Waals surface area contributed by atoms with E-state index in [2.05, 4.69) is 4.99 Å². The zero-order valence-electron chi connectivity index (χ0n) is 7.22. The van der Waals surface area contributed by atoms with Crippen LogP contribution in [0, 0.1) is 5.92 Å². The largest absolute Gasteiger partial charge is 0.252 e. The fourth-order valence-electron chi connectivity index (χ4n) is 2.34. The molecule has 2 aliphatic rings. The molecule has 2 fully saturated rings. The predicted octanol–water partition coefficient (Wildman–Crippen LogP) is 2.29. The van der Waals surface area contributed by atoms with Crippen LogP contribution in [0.15, 0.2) is 4.99 Å². The van der Waals surface area contributed by atoms with Crippen LogP contribution in [0.2, 0.25) is 0 Å². The Labute approximate surface area is 75.0 Å². The second-order valence-corrected chi connectivity index (χ2v) is 4.14. The summed E-state index contributed by atoms with van der Waals surface area (Å²) >= 11 is 0. The first-order chi connectivity index (χ1) is 6.08. The molecule has 0 aliphatic heterocycles. The Balaban J connectivity index is 2.10. The molecule has 72 valence electrons. The lowest BCUT2D eigenvalue weighted by Gasteiger charge is -2.51. The zero-order valence-corrected chi connectivity index (χ0v) is 7.22. The number of hydrogen-bond donors (Lipinski definition) is 0.